The van der Waals surface area contributed by atoms with Crippen LogP contribution < -0.4 is 5.32 Å². The van der Waals surface area contributed by atoms with E-state index in [1.54, 1.807) is 0 Å². The number of rotatable bonds is 8. The second kappa shape index (κ2) is 7.86. The summed E-state index contributed by atoms with van der Waals surface area (Å²) in [5, 5.41) is 8.02. The maximum atomic E-state index is 3.56. The van der Waals surface area contributed by atoms with Gasteiger partial charge in [-0.2, -0.15) is 11.3 Å². The van der Waals surface area contributed by atoms with Gasteiger partial charge in [0.15, 0.2) is 0 Å². The van der Waals surface area contributed by atoms with E-state index in [9.17, 15) is 0 Å². The van der Waals surface area contributed by atoms with Crippen LogP contribution in [0.2, 0.25) is 0 Å². The fourth-order valence-corrected chi connectivity index (χ4v) is 2.67. The first-order valence-electron chi connectivity index (χ1n) is 6.46. The van der Waals surface area contributed by atoms with Crippen LogP contribution in [-0.4, -0.2) is 12.6 Å². The van der Waals surface area contributed by atoms with Crippen molar-refractivity contribution < 1.29 is 0 Å². The Bertz CT molecular complexity index is 254. The summed E-state index contributed by atoms with van der Waals surface area (Å²) < 4.78 is 0. The minimum absolute atomic E-state index is 0.612. The van der Waals surface area contributed by atoms with Crippen molar-refractivity contribution in [1.82, 2.24) is 5.32 Å². The zero-order valence-corrected chi connectivity index (χ0v) is 11.6. The molecule has 92 valence electrons. The van der Waals surface area contributed by atoms with Crippen molar-refractivity contribution in [1.29, 1.82) is 0 Å². The molecule has 1 aromatic rings. The van der Waals surface area contributed by atoms with E-state index in [-0.39, 0.29) is 0 Å². The van der Waals surface area contributed by atoms with E-state index in [0.717, 1.165) is 5.92 Å². The van der Waals surface area contributed by atoms with E-state index in [1.807, 2.05) is 11.3 Å². The lowest BCUT2D eigenvalue weighted by Gasteiger charge is -2.18. The van der Waals surface area contributed by atoms with E-state index in [4.69, 9.17) is 0 Å². The summed E-state index contributed by atoms with van der Waals surface area (Å²) in [6, 6.07) is 2.87. The highest BCUT2D eigenvalue weighted by molar-refractivity contribution is 7.07. The second-order valence-corrected chi connectivity index (χ2v) is 5.67. The van der Waals surface area contributed by atoms with Crippen molar-refractivity contribution in [2.24, 2.45) is 5.92 Å². The average Bonchev–Trinajstić information content (AvgIpc) is 2.75. The lowest BCUT2D eigenvalue weighted by atomic mass is 9.96. The Kier molecular flexibility index (Phi) is 6.74. The van der Waals surface area contributed by atoms with E-state index in [2.05, 4.69) is 42.9 Å². The molecule has 0 aliphatic heterocycles. The Morgan fingerprint density at radius 2 is 2.12 bits per heavy atom. The Morgan fingerprint density at radius 3 is 2.69 bits per heavy atom. The predicted octanol–water partition coefficient (Wildman–Crippen LogP) is 4.10. The first-order chi connectivity index (χ1) is 7.72. The molecule has 0 aliphatic rings. The quantitative estimate of drug-likeness (QED) is 0.720. The van der Waals surface area contributed by atoms with E-state index in [1.165, 1.54) is 37.8 Å². The highest BCUT2D eigenvalue weighted by Crippen LogP contribution is 2.16. The highest BCUT2D eigenvalue weighted by atomic mass is 32.1. The zero-order chi connectivity index (χ0) is 11.8. The molecule has 1 aromatic heterocycles. The Morgan fingerprint density at radius 1 is 1.31 bits per heavy atom. The summed E-state index contributed by atoms with van der Waals surface area (Å²) in [7, 11) is 0. The average molecular weight is 239 g/mol. The first-order valence-corrected chi connectivity index (χ1v) is 7.41. The van der Waals surface area contributed by atoms with Gasteiger partial charge in [-0.3, -0.25) is 0 Å². The van der Waals surface area contributed by atoms with Gasteiger partial charge in [-0.25, -0.2) is 0 Å². The van der Waals surface area contributed by atoms with E-state index >= 15 is 0 Å². The van der Waals surface area contributed by atoms with E-state index < -0.39 is 0 Å². The predicted molar refractivity (Wildman–Crippen MR) is 74.2 cm³/mol. The smallest absolute Gasteiger partial charge is 0.00104 e. The number of hydrogen-bond donors (Lipinski definition) is 1. The van der Waals surface area contributed by atoms with Gasteiger partial charge in [0.05, 0.1) is 0 Å². The number of nitrogens with one attached hydrogen (secondary N) is 1. The standard InChI is InChI=1S/C14H25NS/c1-4-5-13(10-15-12(2)3)6-7-14-8-9-16-11-14/h8-9,11-13,15H,4-7,10H2,1-3H3. The van der Waals surface area contributed by atoms with Crippen LogP contribution in [0.5, 0.6) is 0 Å². The Labute approximate surface area is 104 Å². The van der Waals surface area contributed by atoms with Crippen LogP contribution in [0.1, 0.15) is 45.6 Å². The van der Waals surface area contributed by atoms with Crippen LogP contribution in [0, 0.1) is 5.92 Å². The van der Waals surface area contributed by atoms with Gasteiger partial charge in [0.1, 0.15) is 0 Å². The molecule has 1 N–H and O–H groups in total. The summed E-state index contributed by atoms with van der Waals surface area (Å²) in [5.74, 6) is 0.840. The van der Waals surface area contributed by atoms with Gasteiger partial charge in [0.25, 0.3) is 0 Å². The molecule has 0 aliphatic carbocycles. The van der Waals surface area contributed by atoms with Gasteiger partial charge in [0.2, 0.25) is 0 Å². The van der Waals surface area contributed by atoms with Gasteiger partial charge in [-0.1, -0.05) is 27.2 Å². The molecule has 1 heterocycles. The lowest BCUT2D eigenvalue weighted by Crippen LogP contribution is -2.29. The molecule has 1 unspecified atom stereocenters. The van der Waals surface area contributed by atoms with Gasteiger partial charge in [-0.15, -0.1) is 0 Å². The highest BCUT2D eigenvalue weighted by Gasteiger charge is 2.08. The summed E-state index contributed by atoms with van der Waals surface area (Å²) in [5.41, 5.74) is 1.51. The van der Waals surface area contributed by atoms with Crippen molar-refractivity contribution in [3.8, 4) is 0 Å². The van der Waals surface area contributed by atoms with Crippen molar-refractivity contribution in [3.63, 3.8) is 0 Å². The largest absolute Gasteiger partial charge is 0.314 e. The third-order valence-corrected chi connectivity index (χ3v) is 3.67. The minimum Gasteiger partial charge on any atom is -0.314 e. The van der Waals surface area contributed by atoms with Crippen molar-refractivity contribution in [2.45, 2.75) is 52.5 Å². The topological polar surface area (TPSA) is 12.0 Å². The number of hydrogen-bond acceptors (Lipinski definition) is 2. The van der Waals surface area contributed by atoms with Crippen LogP contribution in [0.15, 0.2) is 16.8 Å². The summed E-state index contributed by atoms with van der Waals surface area (Å²) in [4.78, 5) is 0. The van der Waals surface area contributed by atoms with Crippen LogP contribution >= 0.6 is 11.3 Å². The molecule has 0 radical (unpaired) electrons. The van der Waals surface area contributed by atoms with Gasteiger partial charge < -0.3 is 5.32 Å². The van der Waals surface area contributed by atoms with Crippen LogP contribution in [0.3, 0.4) is 0 Å². The van der Waals surface area contributed by atoms with Gasteiger partial charge in [0, 0.05) is 6.04 Å². The molecule has 0 aromatic carbocycles. The minimum atomic E-state index is 0.612. The third kappa shape index (κ3) is 5.66. The molecule has 0 saturated carbocycles. The van der Waals surface area contributed by atoms with Crippen LogP contribution in [-0.2, 0) is 6.42 Å². The molecule has 16 heavy (non-hydrogen) atoms. The normalized spacial score (nSPS) is 13.2. The summed E-state index contributed by atoms with van der Waals surface area (Å²) in [6.07, 6.45) is 5.22. The molecule has 0 saturated heterocycles. The summed E-state index contributed by atoms with van der Waals surface area (Å²) >= 11 is 1.81. The monoisotopic (exact) mass is 239 g/mol. The molecule has 0 spiro atoms. The van der Waals surface area contributed by atoms with Crippen LogP contribution in [0.4, 0.5) is 0 Å². The molecular formula is C14H25NS. The zero-order valence-electron chi connectivity index (χ0n) is 10.8. The fraction of sp³-hybridized carbons (Fsp3) is 0.714. The maximum Gasteiger partial charge on any atom is 0.00104 e. The Balaban J connectivity index is 2.27. The fourth-order valence-electron chi connectivity index (χ4n) is 1.96. The molecule has 2 heteroatoms. The second-order valence-electron chi connectivity index (χ2n) is 4.89. The number of aryl methyl sites for hydroxylation is 1. The van der Waals surface area contributed by atoms with Crippen molar-refractivity contribution in [2.75, 3.05) is 6.54 Å². The molecule has 0 fully saturated rings. The maximum absolute atomic E-state index is 3.56. The van der Waals surface area contributed by atoms with Gasteiger partial charge >= 0.3 is 0 Å². The van der Waals surface area contributed by atoms with Crippen LogP contribution in [0.25, 0.3) is 0 Å². The summed E-state index contributed by atoms with van der Waals surface area (Å²) in [6.45, 7) is 7.91. The van der Waals surface area contributed by atoms with Crippen molar-refractivity contribution >= 4 is 11.3 Å². The third-order valence-electron chi connectivity index (χ3n) is 2.93. The number of thiophene rings is 1. The SMILES string of the molecule is CCCC(CCc1ccsc1)CNC(C)C. The molecule has 1 nitrogen and oxygen atoms in total. The van der Waals surface area contributed by atoms with Gasteiger partial charge in [-0.05, 0) is 54.1 Å². The molecule has 1 atom stereocenters. The molecule has 0 bridgehead atoms. The molecular weight excluding hydrogens is 214 g/mol. The van der Waals surface area contributed by atoms with E-state index in [0.29, 0.717) is 6.04 Å². The van der Waals surface area contributed by atoms with Crippen molar-refractivity contribution in [3.05, 3.63) is 22.4 Å². The lowest BCUT2D eigenvalue weighted by molar-refractivity contribution is 0.398. The first kappa shape index (κ1) is 13.7. The molecule has 1 rings (SSSR count). The Hall–Kier alpha value is -0.340. The molecule has 0 amide bonds.